The van der Waals surface area contributed by atoms with E-state index in [1.165, 1.54) is 0 Å². The Morgan fingerprint density at radius 3 is 2.69 bits per heavy atom. The molecule has 16 heavy (non-hydrogen) atoms. The second kappa shape index (κ2) is 4.82. The predicted octanol–water partition coefficient (Wildman–Crippen LogP) is 3.83. The number of ether oxygens (including phenoxy) is 1. The van der Waals surface area contributed by atoms with Crippen LogP contribution in [-0.4, -0.2) is 17.4 Å². The molecule has 3 heteroatoms. The van der Waals surface area contributed by atoms with Crippen LogP contribution >= 0.6 is 12.6 Å². The molecule has 0 bridgehead atoms. The molecule has 1 rings (SSSR count). The second-order valence-corrected chi connectivity index (χ2v) is 6.49. The highest BCUT2D eigenvalue weighted by Crippen LogP contribution is 2.37. The largest absolute Gasteiger partial charge is 0.478 e. The van der Waals surface area contributed by atoms with E-state index >= 15 is 0 Å². The zero-order chi connectivity index (χ0) is 12.4. The summed E-state index contributed by atoms with van der Waals surface area (Å²) in [4.78, 5) is 4.23. The van der Waals surface area contributed by atoms with Crippen LogP contribution < -0.4 is 0 Å². The molecule has 0 aromatic heterocycles. The molecular formula is C13H23NOS. The molecule has 1 aliphatic heterocycles. The fraction of sp³-hybridized carbons (Fsp3) is 0.769. The van der Waals surface area contributed by atoms with Crippen molar-refractivity contribution in [2.45, 2.75) is 51.8 Å². The Morgan fingerprint density at radius 2 is 2.12 bits per heavy atom. The third-order valence-electron chi connectivity index (χ3n) is 2.90. The Balaban J connectivity index is 2.94. The molecule has 0 aromatic carbocycles. The lowest BCUT2D eigenvalue weighted by Crippen LogP contribution is -2.31. The summed E-state index contributed by atoms with van der Waals surface area (Å²) in [5.41, 5.74) is 1.18. The summed E-state index contributed by atoms with van der Waals surface area (Å²) in [6.07, 6.45) is 2.85. The first kappa shape index (κ1) is 13.6. The van der Waals surface area contributed by atoms with Crippen molar-refractivity contribution >= 4 is 18.5 Å². The molecule has 0 N–H and O–H groups in total. The number of rotatable bonds is 2. The highest BCUT2D eigenvalue weighted by atomic mass is 32.1. The quantitative estimate of drug-likeness (QED) is 0.729. The molecule has 1 aliphatic rings. The van der Waals surface area contributed by atoms with E-state index in [2.05, 4.69) is 45.0 Å². The van der Waals surface area contributed by atoms with Crippen LogP contribution in [0.2, 0.25) is 0 Å². The summed E-state index contributed by atoms with van der Waals surface area (Å²) in [5.74, 6) is 0.690. The molecule has 2 nitrogen and oxygen atoms in total. The summed E-state index contributed by atoms with van der Waals surface area (Å²) in [6.45, 7) is 13.3. The number of hydrogen-bond donors (Lipinski definition) is 1. The van der Waals surface area contributed by atoms with E-state index in [4.69, 9.17) is 4.74 Å². The first-order chi connectivity index (χ1) is 7.26. The van der Waals surface area contributed by atoms with Gasteiger partial charge in [-0.3, -0.25) is 0 Å². The first-order valence-electron chi connectivity index (χ1n) is 5.89. The van der Waals surface area contributed by atoms with Gasteiger partial charge in [0.05, 0.1) is 6.61 Å². The topological polar surface area (TPSA) is 21.6 Å². The third kappa shape index (κ3) is 3.85. The average Bonchev–Trinajstić information content (AvgIpc) is 2.10. The predicted molar refractivity (Wildman–Crippen MR) is 73.2 cm³/mol. The Morgan fingerprint density at radius 1 is 1.50 bits per heavy atom. The minimum Gasteiger partial charge on any atom is -0.478 e. The smallest absolute Gasteiger partial charge is 0.212 e. The van der Waals surface area contributed by atoms with Crippen molar-refractivity contribution in [2.24, 2.45) is 10.4 Å². The molecule has 0 amide bonds. The lowest BCUT2D eigenvalue weighted by molar-refractivity contribution is 0.182. The Bertz CT molecular complexity index is 305. The van der Waals surface area contributed by atoms with E-state index in [0.717, 1.165) is 24.8 Å². The number of nitrogens with zero attached hydrogens (tertiary/aromatic N) is 1. The summed E-state index contributed by atoms with van der Waals surface area (Å²) in [6, 6.07) is 0. The summed E-state index contributed by atoms with van der Waals surface area (Å²) < 4.78 is 5.71. The van der Waals surface area contributed by atoms with E-state index in [0.29, 0.717) is 12.5 Å². The second-order valence-electron chi connectivity index (χ2n) is 5.53. The van der Waals surface area contributed by atoms with Crippen LogP contribution in [0.3, 0.4) is 0 Å². The van der Waals surface area contributed by atoms with Gasteiger partial charge in [0, 0.05) is 5.57 Å². The molecule has 0 radical (unpaired) electrons. The summed E-state index contributed by atoms with van der Waals surface area (Å²) in [7, 11) is 0. The van der Waals surface area contributed by atoms with Crippen LogP contribution in [-0.2, 0) is 4.74 Å². The monoisotopic (exact) mass is 241 g/mol. The van der Waals surface area contributed by atoms with Gasteiger partial charge in [-0.05, 0) is 31.6 Å². The van der Waals surface area contributed by atoms with Crippen molar-refractivity contribution in [3.05, 3.63) is 12.2 Å². The molecule has 0 spiro atoms. The Labute approximate surface area is 105 Å². The minimum absolute atomic E-state index is 0.221. The molecule has 1 atom stereocenters. The van der Waals surface area contributed by atoms with Crippen LogP contribution in [0.1, 0.15) is 47.0 Å². The summed E-state index contributed by atoms with van der Waals surface area (Å²) in [5, 5.41) is 0. The molecule has 1 heterocycles. The zero-order valence-electron chi connectivity index (χ0n) is 10.8. The van der Waals surface area contributed by atoms with Crippen molar-refractivity contribution in [1.82, 2.24) is 0 Å². The maximum absolute atomic E-state index is 5.71. The van der Waals surface area contributed by atoms with Crippen molar-refractivity contribution in [2.75, 3.05) is 6.61 Å². The van der Waals surface area contributed by atoms with Gasteiger partial charge in [-0.1, -0.05) is 27.4 Å². The van der Waals surface area contributed by atoms with Crippen molar-refractivity contribution in [3.8, 4) is 0 Å². The lowest BCUT2D eigenvalue weighted by Gasteiger charge is -2.34. The van der Waals surface area contributed by atoms with Gasteiger partial charge in [-0.15, -0.1) is 12.6 Å². The molecule has 92 valence electrons. The fourth-order valence-corrected chi connectivity index (χ4v) is 2.56. The van der Waals surface area contributed by atoms with Gasteiger partial charge in [-0.25, -0.2) is 4.99 Å². The lowest BCUT2D eigenvalue weighted by atomic mass is 9.83. The van der Waals surface area contributed by atoms with Gasteiger partial charge in [-0.2, -0.15) is 0 Å². The van der Waals surface area contributed by atoms with Gasteiger partial charge in [0.1, 0.15) is 4.87 Å². The highest BCUT2D eigenvalue weighted by molar-refractivity contribution is 7.81. The van der Waals surface area contributed by atoms with Crippen molar-refractivity contribution in [1.29, 1.82) is 0 Å². The molecular weight excluding hydrogens is 218 g/mol. The highest BCUT2D eigenvalue weighted by Gasteiger charge is 2.32. The van der Waals surface area contributed by atoms with Crippen LogP contribution in [0.4, 0.5) is 0 Å². The third-order valence-corrected chi connectivity index (χ3v) is 3.16. The minimum atomic E-state index is -0.364. The van der Waals surface area contributed by atoms with Gasteiger partial charge in [0.2, 0.25) is 5.90 Å². The SMILES string of the molecule is C=C(CC)/C1=N/C(C)(S)CC(C)(C)CCO1. The van der Waals surface area contributed by atoms with Crippen LogP contribution in [0, 0.1) is 5.41 Å². The summed E-state index contributed by atoms with van der Waals surface area (Å²) >= 11 is 4.63. The molecule has 0 saturated carbocycles. The molecule has 0 saturated heterocycles. The van der Waals surface area contributed by atoms with Crippen LogP contribution in [0.25, 0.3) is 0 Å². The van der Waals surface area contributed by atoms with Gasteiger partial charge < -0.3 is 4.74 Å². The van der Waals surface area contributed by atoms with Crippen LogP contribution in [0.15, 0.2) is 17.1 Å². The number of hydrogen-bond acceptors (Lipinski definition) is 3. The maximum Gasteiger partial charge on any atom is 0.212 e. The van der Waals surface area contributed by atoms with E-state index in [9.17, 15) is 0 Å². The Hall–Kier alpha value is -0.440. The van der Waals surface area contributed by atoms with Gasteiger partial charge in [0.25, 0.3) is 0 Å². The van der Waals surface area contributed by atoms with Crippen molar-refractivity contribution in [3.63, 3.8) is 0 Å². The van der Waals surface area contributed by atoms with Crippen molar-refractivity contribution < 1.29 is 4.74 Å². The van der Waals surface area contributed by atoms with E-state index in [1.54, 1.807) is 0 Å². The van der Waals surface area contributed by atoms with E-state index in [1.807, 2.05) is 6.92 Å². The van der Waals surface area contributed by atoms with Gasteiger partial charge >= 0.3 is 0 Å². The van der Waals surface area contributed by atoms with E-state index in [-0.39, 0.29) is 10.3 Å². The molecule has 1 unspecified atom stereocenters. The normalized spacial score (nSPS) is 32.9. The maximum atomic E-state index is 5.71. The molecule has 0 fully saturated rings. The average molecular weight is 241 g/mol. The number of aliphatic imine (C=N–C) groups is 1. The van der Waals surface area contributed by atoms with Crippen LogP contribution in [0.5, 0.6) is 0 Å². The molecule has 0 aliphatic carbocycles. The van der Waals surface area contributed by atoms with Gasteiger partial charge in [0.15, 0.2) is 0 Å². The zero-order valence-corrected chi connectivity index (χ0v) is 11.7. The first-order valence-corrected chi connectivity index (χ1v) is 6.34. The molecule has 0 aromatic rings. The number of thiol groups is 1. The Kier molecular flexibility index (Phi) is 4.11. The van der Waals surface area contributed by atoms with E-state index < -0.39 is 0 Å². The standard InChI is InChI=1S/C13H23NOS/c1-6-10(2)11-14-13(5,16)9-12(3,4)7-8-15-11/h16H,2,6-9H2,1,3-5H3/b14-11-. The fourth-order valence-electron chi connectivity index (χ4n) is 2.04.